The predicted octanol–water partition coefficient (Wildman–Crippen LogP) is 0.619. The van der Waals surface area contributed by atoms with Crippen molar-refractivity contribution >= 4 is 5.65 Å². The quantitative estimate of drug-likeness (QED) is 0.729. The minimum Gasteiger partial charge on any atom is -0.328 e. The highest BCUT2D eigenvalue weighted by atomic mass is 15.3. The number of pyridine rings is 1. The molecule has 0 saturated carbocycles. The van der Waals surface area contributed by atoms with Crippen LogP contribution >= 0.6 is 0 Å². The molecule has 4 nitrogen and oxygen atoms in total. The lowest BCUT2D eigenvalue weighted by molar-refractivity contribution is 0.700. The molecule has 0 aliphatic heterocycles. The molecular formula is C9H12N4. The fourth-order valence-electron chi connectivity index (χ4n) is 1.25. The van der Waals surface area contributed by atoms with Gasteiger partial charge in [0, 0.05) is 18.7 Å². The molecule has 2 aromatic rings. The molecule has 0 bridgehead atoms. The molecule has 0 aromatic carbocycles. The second-order valence-electron chi connectivity index (χ2n) is 3.21. The minimum absolute atomic E-state index is 0.109. The van der Waals surface area contributed by atoms with E-state index in [0.29, 0.717) is 0 Å². The summed E-state index contributed by atoms with van der Waals surface area (Å²) in [5.41, 5.74) is 6.53. The fraction of sp³-hybridized carbons (Fsp3) is 0.333. The zero-order valence-electron chi connectivity index (χ0n) is 7.51. The summed E-state index contributed by atoms with van der Waals surface area (Å²) in [5, 5.41) is 4.28. The molecule has 2 heterocycles. The van der Waals surface area contributed by atoms with Gasteiger partial charge in [0.1, 0.15) is 0 Å². The zero-order valence-corrected chi connectivity index (χ0v) is 7.51. The van der Waals surface area contributed by atoms with Gasteiger partial charge in [-0.2, -0.15) is 5.10 Å². The van der Waals surface area contributed by atoms with Gasteiger partial charge in [0.15, 0.2) is 11.5 Å². The summed E-state index contributed by atoms with van der Waals surface area (Å²) < 4.78 is 1.76. The predicted molar refractivity (Wildman–Crippen MR) is 50.3 cm³/mol. The Balaban J connectivity index is 2.38. The lowest BCUT2D eigenvalue weighted by Crippen LogP contribution is -2.18. The number of nitrogens with zero attached hydrogens (tertiary/aromatic N) is 3. The first-order valence-corrected chi connectivity index (χ1v) is 4.31. The van der Waals surface area contributed by atoms with Gasteiger partial charge in [-0.1, -0.05) is 6.07 Å². The van der Waals surface area contributed by atoms with Crippen molar-refractivity contribution in [2.45, 2.75) is 19.4 Å². The molecule has 68 valence electrons. The van der Waals surface area contributed by atoms with E-state index in [1.165, 1.54) is 0 Å². The molecule has 13 heavy (non-hydrogen) atoms. The minimum atomic E-state index is 0.109. The van der Waals surface area contributed by atoms with Gasteiger partial charge in [-0.05, 0) is 19.1 Å². The molecule has 4 heteroatoms. The van der Waals surface area contributed by atoms with Crippen molar-refractivity contribution in [1.82, 2.24) is 14.6 Å². The summed E-state index contributed by atoms with van der Waals surface area (Å²) in [6.07, 6.45) is 2.61. The SMILES string of the molecule is CC(N)Cc1nc2ccccn2n1. The van der Waals surface area contributed by atoms with Crippen LogP contribution in [0.25, 0.3) is 5.65 Å². The third-order valence-electron chi connectivity index (χ3n) is 1.79. The Morgan fingerprint density at radius 2 is 2.38 bits per heavy atom. The van der Waals surface area contributed by atoms with Crippen molar-refractivity contribution in [2.75, 3.05) is 0 Å². The molecule has 0 saturated heterocycles. The highest BCUT2D eigenvalue weighted by Crippen LogP contribution is 2.01. The van der Waals surface area contributed by atoms with E-state index in [-0.39, 0.29) is 6.04 Å². The van der Waals surface area contributed by atoms with Crippen molar-refractivity contribution in [3.8, 4) is 0 Å². The van der Waals surface area contributed by atoms with Crippen LogP contribution in [0, 0.1) is 0 Å². The van der Waals surface area contributed by atoms with E-state index in [4.69, 9.17) is 5.73 Å². The lowest BCUT2D eigenvalue weighted by atomic mass is 10.2. The number of rotatable bonds is 2. The lowest BCUT2D eigenvalue weighted by Gasteiger charge is -1.97. The maximum Gasteiger partial charge on any atom is 0.155 e. The number of hydrogen-bond acceptors (Lipinski definition) is 3. The molecule has 0 radical (unpaired) electrons. The summed E-state index contributed by atoms with van der Waals surface area (Å²) >= 11 is 0. The highest BCUT2D eigenvalue weighted by molar-refractivity contribution is 5.36. The Kier molecular flexibility index (Phi) is 1.98. The van der Waals surface area contributed by atoms with E-state index in [0.717, 1.165) is 17.9 Å². The van der Waals surface area contributed by atoms with Crippen LogP contribution in [0.2, 0.25) is 0 Å². The Morgan fingerprint density at radius 1 is 1.54 bits per heavy atom. The maximum absolute atomic E-state index is 5.66. The molecule has 1 atom stereocenters. The van der Waals surface area contributed by atoms with Gasteiger partial charge in [0.05, 0.1) is 0 Å². The summed E-state index contributed by atoms with van der Waals surface area (Å²) in [7, 11) is 0. The molecule has 0 fully saturated rings. The number of hydrogen-bond donors (Lipinski definition) is 1. The van der Waals surface area contributed by atoms with Crippen molar-refractivity contribution in [3.05, 3.63) is 30.2 Å². The molecule has 0 amide bonds. The Morgan fingerprint density at radius 3 is 3.08 bits per heavy atom. The highest BCUT2D eigenvalue weighted by Gasteiger charge is 2.04. The van der Waals surface area contributed by atoms with Gasteiger partial charge < -0.3 is 5.73 Å². The van der Waals surface area contributed by atoms with E-state index >= 15 is 0 Å². The average molecular weight is 176 g/mol. The summed E-state index contributed by atoms with van der Waals surface area (Å²) in [5.74, 6) is 0.807. The Bertz CT molecular complexity index is 372. The van der Waals surface area contributed by atoms with Crippen LogP contribution in [0.3, 0.4) is 0 Å². The topological polar surface area (TPSA) is 56.2 Å². The second-order valence-corrected chi connectivity index (χ2v) is 3.21. The Hall–Kier alpha value is -1.42. The second kappa shape index (κ2) is 3.14. The van der Waals surface area contributed by atoms with E-state index in [1.54, 1.807) is 4.52 Å². The van der Waals surface area contributed by atoms with E-state index in [2.05, 4.69) is 10.1 Å². The van der Waals surface area contributed by atoms with Gasteiger partial charge in [0.25, 0.3) is 0 Å². The van der Waals surface area contributed by atoms with Crippen LogP contribution in [-0.4, -0.2) is 20.6 Å². The van der Waals surface area contributed by atoms with Gasteiger partial charge in [-0.15, -0.1) is 0 Å². The summed E-state index contributed by atoms with van der Waals surface area (Å²) in [6.45, 7) is 1.95. The van der Waals surface area contributed by atoms with Crippen molar-refractivity contribution in [2.24, 2.45) is 5.73 Å². The monoisotopic (exact) mass is 176 g/mol. The molecule has 2 rings (SSSR count). The zero-order chi connectivity index (χ0) is 9.26. The smallest absolute Gasteiger partial charge is 0.155 e. The fourth-order valence-corrected chi connectivity index (χ4v) is 1.25. The maximum atomic E-state index is 5.66. The molecule has 1 unspecified atom stereocenters. The Labute approximate surface area is 76.4 Å². The van der Waals surface area contributed by atoms with E-state index in [9.17, 15) is 0 Å². The van der Waals surface area contributed by atoms with Gasteiger partial charge >= 0.3 is 0 Å². The van der Waals surface area contributed by atoms with Crippen LogP contribution in [0.1, 0.15) is 12.7 Å². The van der Waals surface area contributed by atoms with E-state index < -0.39 is 0 Å². The molecule has 0 aliphatic carbocycles. The first-order valence-electron chi connectivity index (χ1n) is 4.31. The van der Waals surface area contributed by atoms with Crippen LogP contribution in [-0.2, 0) is 6.42 Å². The van der Waals surface area contributed by atoms with Crippen LogP contribution in [0.15, 0.2) is 24.4 Å². The summed E-state index contributed by atoms with van der Waals surface area (Å²) in [4.78, 5) is 4.32. The van der Waals surface area contributed by atoms with E-state index in [1.807, 2.05) is 31.3 Å². The number of nitrogens with two attached hydrogens (primary N) is 1. The first-order chi connectivity index (χ1) is 6.25. The largest absolute Gasteiger partial charge is 0.328 e. The van der Waals surface area contributed by atoms with Gasteiger partial charge in [-0.25, -0.2) is 9.50 Å². The molecule has 0 aliphatic rings. The number of fused-ring (bicyclic) bond motifs is 1. The third kappa shape index (κ3) is 1.67. The molecule has 2 aromatic heterocycles. The third-order valence-corrected chi connectivity index (χ3v) is 1.79. The van der Waals surface area contributed by atoms with Gasteiger partial charge in [0.2, 0.25) is 0 Å². The summed E-state index contributed by atoms with van der Waals surface area (Å²) in [6, 6.07) is 5.91. The van der Waals surface area contributed by atoms with Crippen LogP contribution in [0.5, 0.6) is 0 Å². The van der Waals surface area contributed by atoms with Gasteiger partial charge in [-0.3, -0.25) is 0 Å². The molecule has 0 spiro atoms. The van der Waals surface area contributed by atoms with Crippen LogP contribution in [0.4, 0.5) is 0 Å². The van der Waals surface area contributed by atoms with Crippen molar-refractivity contribution in [3.63, 3.8) is 0 Å². The van der Waals surface area contributed by atoms with Crippen molar-refractivity contribution < 1.29 is 0 Å². The van der Waals surface area contributed by atoms with Crippen molar-refractivity contribution in [1.29, 1.82) is 0 Å². The standard InChI is InChI=1S/C9H12N4/c1-7(10)6-8-11-9-4-2-3-5-13(9)12-8/h2-5,7H,6,10H2,1H3. The molecular weight excluding hydrogens is 164 g/mol. The number of aromatic nitrogens is 3. The van der Waals surface area contributed by atoms with Crippen LogP contribution < -0.4 is 5.73 Å². The first kappa shape index (κ1) is 8.19. The normalized spacial score (nSPS) is 13.4. The average Bonchev–Trinajstić information content (AvgIpc) is 2.44. The molecule has 2 N–H and O–H groups in total.